The Morgan fingerprint density at radius 1 is 1.10 bits per heavy atom. The average Bonchev–Trinajstić information content (AvgIpc) is 2.44. The summed E-state index contributed by atoms with van der Waals surface area (Å²) in [5, 5.41) is 3.24. The van der Waals surface area contributed by atoms with Gasteiger partial charge in [-0.15, -0.1) is 0 Å². The molecule has 1 atom stereocenters. The summed E-state index contributed by atoms with van der Waals surface area (Å²) in [6.45, 7) is 2.24. The summed E-state index contributed by atoms with van der Waals surface area (Å²) < 4.78 is 14.8. The second-order valence-electron chi connectivity index (χ2n) is 5.39. The Bertz CT molecular complexity index is 361. The maximum Gasteiger partial charge on any atom is 0.129 e. The predicted octanol–water partition coefficient (Wildman–Crippen LogP) is 5.99. The highest BCUT2D eigenvalue weighted by molar-refractivity contribution is 9.10. The molecule has 3 heteroatoms. The van der Waals surface area contributed by atoms with Gasteiger partial charge in [0.25, 0.3) is 0 Å². The molecule has 0 aliphatic heterocycles. The highest BCUT2D eigenvalue weighted by Crippen LogP contribution is 2.29. The lowest BCUT2D eigenvalue weighted by molar-refractivity contribution is 0.473. The van der Waals surface area contributed by atoms with Gasteiger partial charge in [0.2, 0.25) is 0 Å². The summed E-state index contributed by atoms with van der Waals surface area (Å²) in [4.78, 5) is 0. The Balaban J connectivity index is 2.36. The zero-order valence-corrected chi connectivity index (χ0v) is 14.3. The van der Waals surface area contributed by atoms with Crippen molar-refractivity contribution < 1.29 is 4.39 Å². The number of nitrogens with one attached hydrogen (secondary N) is 1. The van der Waals surface area contributed by atoms with Gasteiger partial charge in [-0.25, -0.2) is 4.39 Å². The van der Waals surface area contributed by atoms with Crippen LogP contribution in [0.2, 0.25) is 0 Å². The van der Waals surface area contributed by atoms with Crippen LogP contribution in [-0.2, 0) is 0 Å². The van der Waals surface area contributed by atoms with Crippen molar-refractivity contribution in [3.8, 4) is 0 Å². The first-order valence-corrected chi connectivity index (χ1v) is 8.61. The van der Waals surface area contributed by atoms with E-state index in [9.17, 15) is 4.39 Å². The molecule has 1 nitrogen and oxygen atoms in total. The van der Waals surface area contributed by atoms with Crippen molar-refractivity contribution in [1.82, 2.24) is 5.32 Å². The number of halogens is 2. The minimum atomic E-state index is -0.123. The Labute approximate surface area is 131 Å². The van der Waals surface area contributed by atoms with E-state index in [-0.39, 0.29) is 11.9 Å². The first kappa shape index (κ1) is 17.6. The van der Waals surface area contributed by atoms with Crippen molar-refractivity contribution in [2.45, 2.75) is 64.3 Å². The number of rotatable bonds is 10. The molecule has 1 N–H and O–H groups in total. The molecule has 0 saturated heterocycles. The molecule has 1 aromatic rings. The maximum absolute atomic E-state index is 13.9. The van der Waals surface area contributed by atoms with E-state index >= 15 is 0 Å². The van der Waals surface area contributed by atoms with E-state index in [1.807, 2.05) is 13.1 Å². The van der Waals surface area contributed by atoms with E-state index in [4.69, 9.17) is 0 Å². The third kappa shape index (κ3) is 5.92. The van der Waals surface area contributed by atoms with Crippen molar-refractivity contribution in [3.05, 3.63) is 34.1 Å². The Hall–Kier alpha value is -0.410. The largest absolute Gasteiger partial charge is 0.313 e. The van der Waals surface area contributed by atoms with Crippen molar-refractivity contribution in [3.63, 3.8) is 0 Å². The molecule has 0 bridgehead atoms. The lowest BCUT2D eigenvalue weighted by atomic mass is 9.99. The van der Waals surface area contributed by atoms with E-state index < -0.39 is 0 Å². The standard InChI is InChI=1S/C17H27BrFN/c1-3-4-5-6-7-8-9-13-16(20-2)17-14(18)11-10-12-15(17)19/h10-12,16,20H,3-9,13H2,1-2H3. The molecule has 1 aromatic carbocycles. The van der Waals surface area contributed by atoms with Crippen LogP contribution in [0, 0.1) is 5.82 Å². The van der Waals surface area contributed by atoms with E-state index in [2.05, 4.69) is 28.2 Å². The zero-order valence-electron chi connectivity index (χ0n) is 12.7. The van der Waals surface area contributed by atoms with Crippen LogP contribution in [0.15, 0.2) is 22.7 Å². The molecular formula is C17H27BrFN. The molecule has 0 fully saturated rings. The normalized spacial score (nSPS) is 12.6. The summed E-state index contributed by atoms with van der Waals surface area (Å²) in [6.07, 6.45) is 10.0. The van der Waals surface area contributed by atoms with Gasteiger partial charge >= 0.3 is 0 Å². The number of hydrogen-bond acceptors (Lipinski definition) is 1. The van der Waals surface area contributed by atoms with E-state index in [1.165, 1.54) is 44.6 Å². The second-order valence-corrected chi connectivity index (χ2v) is 6.24. The van der Waals surface area contributed by atoms with Crippen molar-refractivity contribution >= 4 is 15.9 Å². The van der Waals surface area contributed by atoms with Crippen molar-refractivity contribution in [2.75, 3.05) is 7.05 Å². The third-order valence-electron chi connectivity index (χ3n) is 3.79. The smallest absolute Gasteiger partial charge is 0.129 e. The van der Waals surface area contributed by atoms with Crippen LogP contribution >= 0.6 is 15.9 Å². The quantitative estimate of drug-likeness (QED) is 0.514. The van der Waals surface area contributed by atoms with Gasteiger partial charge in [0, 0.05) is 16.1 Å². The van der Waals surface area contributed by atoms with Gasteiger partial charge < -0.3 is 5.32 Å². The summed E-state index contributed by atoms with van der Waals surface area (Å²) in [5.74, 6) is -0.123. The first-order chi connectivity index (χ1) is 9.70. The van der Waals surface area contributed by atoms with Gasteiger partial charge in [-0.1, -0.05) is 73.9 Å². The number of unbranched alkanes of at least 4 members (excludes halogenated alkanes) is 6. The van der Waals surface area contributed by atoms with Crippen LogP contribution in [0.3, 0.4) is 0 Å². The fourth-order valence-electron chi connectivity index (χ4n) is 2.58. The van der Waals surface area contributed by atoms with Gasteiger partial charge in [0.05, 0.1) is 0 Å². The monoisotopic (exact) mass is 343 g/mol. The van der Waals surface area contributed by atoms with Gasteiger partial charge in [0.1, 0.15) is 5.82 Å². The van der Waals surface area contributed by atoms with Crippen LogP contribution in [0.25, 0.3) is 0 Å². The molecule has 0 amide bonds. The molecule has 20 heavy (non-hydrogen) atoms. The van der Waals surface area contributed by atoms with Gasteiger partial charge in [-0.2, -0.15) is 0 Å². The topological polar surface area (TPSA) is 12.0 Å². The molecule has 0 radical (unpaired) electrons. The molecule has 0 heterocycles. The lowest BCUT2D eigenvalue weighted by Crippen LogP contribution is -2.18. The second kappa shape index (κ2) is 10.3. The maximum atomic E-state index is 13.9. The first-order valence-electron chi connectivity index (χ1n) is 7.81. The summed E-state index contributed by atoms with van der Waals surface area (Å²) in [6, 6.07) is 5.28. The predicted molar refractivity (Wildman–Crippen MR) is 88.5 cm³/mol. The molecule has 0 spiro atoms. The third-order valence-corrected chi connectivity index (χ3v) is 4.48. The SMILES string of the molecule is CCCCCCCCCC(NC)c1c(F)cccc1Br. The minimum Gasteiger partial charge on any atom is -0.313 e. The minimum absolute atomic E-state index is 0.0983. The fraction of sp³-hybridized carbons (Fsp3) is 0.647. The van der Waals surface area contributed by atoms with Crippen LogP contribution in [0.4, 0.5) is 4.39 Å². The average molecular weight is 344 g/mol. The molecule has 1 unspecified atom stereocenters. The van der Waals surface area contributed by atoms with Crippen LogP contribution < -0.4 is 5.32 Å². The van der Waals surface area contributed by atoms with Gasteiger partial charge in [-0.05, 0) is 25.6 Å². The molecular weight excluding hydrogens is 317 g/mol. The number of benzene rings is 1. The van der Waals surface area contributed by atoms with Crippen molar-refractivity contribution in [2.24, 2.45) is 0 Å². The van der Waals surface area contributed by atoms with E-state index in [0.717, 1.165) is 22.9 Å². The van der Waals surface area contributed by atoms with Crippen LogP contribution in [0.1, 0.15) is 69.9 Å². The number of hydrogen-bond donors (Lipinski definition) is 1. The fourth-order valence-corrected chi connectivity index (χ4v) is 3.20. The molecule has 0 aliphatic rings. The van der Waals surface area contributed by atoms with E-state index in [1.54, 1.807) is 6.07 Å². The molecule has 1 rings (SSSR count). The Morgan fingerprint density at radius 2 is 1.75 bits per heavy atom. The highest BCUT2D eigenvalue weighted by atomic mass is 79.9. The zero-order chi connectivity index (χ0) is 14.8. The molecule has 0 aliphatic carbocycles. The lowest BCUT2D eigenvalue weighted by Gasteiger charge is -2.18. The van der Waals surface area contributed by atoms with E-state index in [0.29, 0.717) is 0 Å². The van der Waals surface area contributed by atoms with Gasteiger partial charge in [0.15, 0.2) is 0 Å². The molecule has 0 aromatic heterocycles. The summed E-state index contributed by atoms with van der Waals surface area (Å²) in [7, 11) is 1.91. The summed E-state index contributed by atoms with van der Waals surface area (Å²) >= 11 is 3.46. The Kier molecular flexibility index (Phi) is 9.12. The highest BCUT2D eigenvalue weighted by Gasteiger charge is 2.16. The summed E-state index contributed by atoms with van der Waals surface area (Å²) in [5.41, 5.74) is 0.765. The Morgan fingerprint density at radius 3 is 2.35 bits per heavy atom. The molecule has 0 saturated carbocycles. The molecule has 114 valence electrons. The van der Waals surface area contributed by atoms with Crippen molar-refractivity contribution in [1.29, 1.82) is 0 Å². The van der Waals surface area contributed by atoms with Gasteiger partial charge in [-0.3, -0.25) is 0 Å². The van der Waals surface area contributed by atoms with Crippen LogP contribution in [-0.4, -0.2) is 7.05 Å². The van der Waals surface area contributed by atoms with Crippen LogP contribution in [0.5, 0.6) is 0 Å².